The Morgan fingerprint density at radius 3 is 2.49 bits per heavy atom. The molecule has 0 N–H and O–H groups in total. The van der Waals surface area contributed by atoms with E-state index in [1.807, 2.05) is 36.4 Å². The molecule has 0 atom stereocenters. The van der Waals surface area contributed by atoms with E-state index in [2.05, 4.69) is 24.9 Å². The highest BCUT2D eigenvalue weighted by atomic mass is 32.2. The molecule has 0 saturated carbocycles. The van der Waals surface area contributed by atoms with E-state index in [-0.39, 0.29) is 22.1 Å². The normalized spacial score (nSPS) is 11.3. The lowest BCUT2D eigenvalue weighted by atomic mass is 10.00. The Hall–Kier alpha value is -3.50. The molecule has 35 heavy (non-hydrogen) atoms. The first kappa shape index (κ1) is 26.1. The zero-order valence-corrected chi connectivity index (χ0v) is 20.8. The highest BCUT2D eigenvalue weighted by molar-refractivity contribution is 7.98. The van der Waals surface area contributed by atoms with Crippen molar-refractivity contribution >= 4 is 23.6 Å². The summed E-state index contributed by atoms with van der Waals surface area (Å²) in [6.07, 6.45) is 0.531. The Balaban J connectivity index is 1.81. The highest BCUT2D eigenvalue weighted by Crippen LogP contribution is 2.32. The lowest BCUT2D eigenvalue weighted by Gasteiger charge is -2.12. The van der Waals surface area contributed by atoms with Crippen molar-refractivity contribution in [2.75, 3.05) is 7.11 Å². The van der Waals surface area contributed by atoms with Crippen molar-refractivity contribution in [3.63, 3.8) is 0 Å². The number of rotatable bonds is 9. The fourth-order valence-corrected chi connectivity index (χ4v) is 4.52. The van der Waals surface area contributed by atoms with E-state index >= 15 is 0 Å². The second-order valence-electron chi connectivity index (χ2n) is 8.29. The first-order chi connectivity index (χ1) is 16.7. The number of hydrogen-bond donors (Lipinski definition) is 0. The highest BCUT2D eigenvalue weighted by Gasteiger charge is 2.17. The van der Waals surface area contributed by atoms with E-state index in [1.165, 1.54) is 29.5 Å². The molecule has 1 heterocycles. The van der Waals surface area contributed by atoms with Crippen LogP contribution in [-0.4, -0.2) is 17.9 Å². The van der Waals surface area contributed by atoms with Crippen LogP contribution in [0.2, 0.25) is 0 Å². The van der Waals surface area contributed by atoms with Gasteiger partial charge in [-0.05, 0) is 53.8 Å². The summed E-state index contributed by atoms with van der Waals surface area (Å²) in [7, 11) is 1.55. The number of halogens is 2. The van der Waals surface area contributed by atoms with Crippen LogP contribution in [-0.2, 0) is 5.75 Å². The number of nitrogens with zero attached hydrogens (tertiary/aromatic N) is 2. The molecule has 0 radical (unpaired) electrons. The number of benzene rings is 2. The molecular weight excluding hydrogens is 466 g/mol. The number of aromatic nitrogens is 1. The van der Waals surface area contributed by atoms with Gasteiger partial charge in [0.1, 0.15) is 22.5 Å². The van der Waals surface area contributed by atoms with Gasteiger partial charge in [0.15, 0.2) is 5.78 Å². The number of thioether (sulfide) groups is 1. The van der Waals surface area contributed by atoms with Gasteiger partial charge in [-0.2, -0.15) is 5.26 Å². The largest absolute Gasteiger partial charge is 0.496 e. The van der Waals surface area contributed by atoms with Gasteiger partial charge in [0, 0.05) is 16.9 Å². The maximum Gasteiger partial charge on any atom is 0.280 e. The smallest absolute Gasteiger partial charge is 0.280 e. The Morgan fingerprint density at radius 2 is 1.89 bits per heavy atom. The van der Waals surface area contributed by atoms with Crippen molar-refractivity contribution in [2.45, 2.75) is 43.9 Å². The standard InChI is InChI=1S/C28H26F2N2O2S/c1-17(2)20-7-9-21(10-8-20)25(33)11-5-19-6-12-26(34-4)22(14-19)16-35-28-23(15-31)18(3)13-24(32-28)27(29)30/h5-14,17,27H,16H2,1-4H3/b11-5+. The maximum atomic E-state index is 13.2. The second kappa shape index (κ2) is 11.8. The van der Waals surface area contributed by atoms with Crippen LogP contribution in [0.25, 0.3) is 6.08 Å². The van der Waals surface area contributed by atoms with Crippen molar-refractivity contribution in [1.82, 2.24) is 4.98 Å². The minimum absolute atomic E-state index is 0.103. The number of ether oxygens (including phenoxy) is 1. The van der Waals surface area contributed by atoms with Crippen LogP contribution in [0.3, 0.4) is 0 Å². The number of ketones is 1. The van der Waals surface area contributed by atoms with Gasteiger partial charge in [0.2, 0.25) is 0 Å². The first-order valence-corrected chi connectivity index (χ1v) is 12.0. The molecule has 0 bridgehead atoms. The topological polar surface area (TPSA) is 63.0 Å². The minimum atomic E-state index is -2.72. The van der Waals surface area contributed by atoms with Crippen molar-refractivity contribution in [3.05, 3.63) is 93.7 Å². The quantitative estimate of drug-likeness (QED) is 0.176. The Morgan fingerprint density at radius 1 is 1.17 bits per heavy atom. The third-order valence-electron chi connectivity index (χ3n) is 5.50. The van der Waals surface area contributed by atoms with E-state index in [1.54, 1.807) is 26.2 Å². The van der Waals surface area contributed by atoms with Crippen LogP contribution >= 0.6 is 11.8 Å². The molecule has 0 saturated heterocycles. The molecule has 1 aromatic heterocycles. The van der Waals surface area contributed by atoms with Crippen LogP contribution in [0.5, 0.6) is 5.75 Å². The summed E-state index contributed by atoms with van der Waals surface area (Å²) in [4.78, 5) is 16.6. The molecule has 0 aliphatic rings. The van der Waals surface area contributed by atoms with Crippen molar-refractivity contribution in [1.29, 1.82) is 5.26 Å². The fourth-order valence-electron chi connectivity index (χ4n) is 3.48. The maximum absolute atomic E-state index is 13.2. The Labute approximate surface area is 208 Å². The fraction of sp³-hybridized carbons (Fsp3) is 0.250. The number of carbonyl (C=O) groups is 1. The van der Waals surface area contributed by atoms with Crippen LogP contribution in [0.15, 0.2) is 59.6 Å². The summed E-state index contributed by atoms with van der Waals surface area (Å²) in [5, 5.41) is 9.73. The number of aryl methyl sites for hydroxylation is 1. The molecule has 0 fully saturated rings. The molecule has 4 nitrogen and oxygen atoms in total. The van der Waals surface area contributed by atoms with Crippen LogP contribution < -0.4 is 4.74 Å². The van der Waals surface area contributed by atoms with Crippen molar-refractivity contribution in [3.8, 4) is 11.8 Å². The lowest BCUT2D eigenvalue weighted by molar-refractivity contribution is 0.104. The van der Waals surface area contributed by atoms with Gasteiger partial charge < -0.3 is 4.74 Å². The number of allylic oxidation sites excluding steroid dienone is 1. The molecule has 0 aliphatic carbocycles. The number of methoxy groups -OCH3 is 1. The second-order valence-corrected chi connectivity index (χ2v) is 9.25. The molecule has 0 amide bonds. The third kappa shape index (κ3) is 6.55. The summed E-state index contributed by atoms with van der Waals surface area (Å²) in [6.45, 7) is 5.82. The number of carbonyl (C=O) groups excluding carboxylic acids is 1. The number of hydrogen-bond acceptors (Lipinski definition) is 5. The van der Waals surface area contributed by atoms with Gasteiger partial charge in [0.25, 0.3) is 6.43 Å². The summed E-state index contributed by atoms with van der Waals surface area (Å²) < 4.78 is 31.9. The average molecular weight is 493 g/mol. The van der Waals surface area contributed by atoms with Gasteiger partial charge >= 0.3 is 0 Å². The SMILES string of the molecule is COc1ccc(/C=C/C(=O)c2ccc(C(C)C)cc2)cc1CSc1nc(C(F)F)cc(C)c1C#N. The van der Waals surface area contributed by atoms with E-state index < -0.39 is 6.43 Å². The van der Waals surface area contributed by atoms with Gasteiger partial charge in [-0.25, -0.2) is 13.8 Å². The third-order valence-corrected chi connectivity index (χ3v) is 6.52. The van der Waals surface area contributed by atoms with Crippen molar-refractivity contribution < 1.29 is 18.3 Å². The zero-order chi connectivity index (χ0) is 25.5. The molecule has 2 aromatic carbocycles. The summed E-state index contributed by atoms with van der Waals surface area (Å²) in [6, 6.07) is 16.4. The predicted molar refractivity (Wildman–Crippen MR) is 135 cm³/mol. The zero-order valence-electron chi connectivity index (χ0n) is 20.0. The molecule has 3 aromatic rings. The van der Waals surface area contributed by atoms with Gasteiger partial charge in [0.05, 0.1) is 12.7 Å². The Bertz CT molecular complexity index is 1280. The summed E-state index contributed by atoms with van der Waals surface area (Å²) >= 11 is 1.20. The van der Waals surface area contributed by atoms with Crippen LogP contribution in [0.4, 0.5) is 8.78 Å². The molecule has 0 aliphatic heterocycles. The monoisotopic (exact) mass is 492 g/mol. The molecule has 180 valence electrons. The van der Waals surface area contributed by atoms with Gasteiger partial charge in [-0.15, -0.1) is 11.8 Å². The predicted octanol–water partition coefficient (Wildman–Crippen LogP) is 7.52. The molecule has 3 rings (SSSR count). The minimum Gasteiger partial charge on any atom is -0.496 e. The van der Waals surface area contributed by atoms with E-state index in [0.29, 0.717) is 28.5 Å². The van der Waals surface area contributed by atoms with Crippen molar-refractivity contribution in [2.24, 2.45) is 0 Å². The summed E-state index contributed by atoms with van der Waals surface area (Å²) in [5.74, 6) is 1.26. The molecule has 7 heteroatoms. The number of nitriles is 1. The lowest BCUT2D eigenvalue weighted by Crippen LogP contribution is -1.99. The van der Waals surface area contributed by atoms with E-state index in [0.717, 1.165) is 11.1 Å². The van der Waals surface area contributed by atoms with Gasteiger partial charge in [-0.1, -0.05) is 50.3 Å². The van der Waals surface area contributed by atoms with Crippen LogP contribution in [0.1, 0.15) is 70.1 Å². The van der Waals surface area contributed by atoms with Gasteiger partial charge in [-0.3, -0.25) is 4.79 Å². The van der Waals surface area contributed by atoms with E-state index in [4.69, 9.17) is 4.74 Å². The molecule has 0 spiro atoms. The summed E-state index contributed by atoms with van der Waals surface area (Å²) in [5.41, 5.74) is 3.75. The number of alkyl halides is 2. The molecule has 0 unspecified atom stereocenters. The first-order valence-electron chi connectivity index (χ1n) is 11.0. The van der Waals surface area contributed by atoms with E-state index in [9.17, 15) is 18.8 Å². The number of pyridine rings is 1. The molecular formula is C28H26F2N2O2S. The Kier molecular flexibility index (Phi) is 8.78. The average Bonchev–Trinajstić information content (AvgIpc) is 2.85. The van der Waals surface area contributed by atoms with Crippen LogP contribution in [0, 0.1) is 18.3 Å².